The monoisotopic (exact) mass is 402 g/mol. The van der Waals surface area contributed by atoms with Crippen LogP contribution in [0.25, 0.3) is 10.2 Å². The van der Waals surface area contributed by atoms with Crippen LogP contribution in [-0.4, -0.2) is 46.0 Å². The molecule has 0 spiro atoms. The number of aromatic nitrogens is 2. The van der Waals surface area contributed by atoms with Gasteiger partial charge in [0.2, 0.25) is 5.91 Å². The Balaban J connectivity index is 1.33. The smallest absolute Gasteiger partial charge is 0.262 e. The number of aryl methyl sites for hydroxylation is 3. The van der Waals surface area contributed by atoms with Gasteiger partial charge in [0.25, 0.3) is 5.56 Å². The van der Waals surface area contributed by atoms with Gasteiger partial charge in [-0.1, -0.05) is 6.42 Å². The van der Waals surface area contributed by atoms with Gasteiger partial charge in [-0.2, -0.15) is 0 Å². The van der Waals surface area contributed by atoms with Crippen LogP contribution in [0.5, 0.6) is 0 Å². The number of hydrogen-bond acceptors (Lipinski definition) is 5. The number of hydrogen-bond donors (Lipinski definition) is 1. The van der Waals surface area contributed by atoms with Gasteiger partial charge in [0, 0.05) is 30.4 Å². The topological polar surface area (TPSA) is 67.2 Å². The second-order valence-electron chi connectivity index (χ2n) is 8.26. The third-order valence-corrected chi connectivity index (χ3v) is 7.64. The van der Waals surface area contributed by atoms with Crippen molar-refractivity contribution in [2.75, 3.05) is 19.6 Å². The van der Waals surface area contributed by atoms with Crippen molar-refractivity contribution in [2.45, 2.75) is 65.0 Å². The molecule has 0 aromatic carbocycles. The normalized spacial score (nSPS) is 22.9. The van der Waals surface area contributed by atoms with E-state index >= 15 is 0 Å². The summed E-state index contributed by atoms with van der Waals surface area (Å²) < 4.78 is 1.57. The van der Waals surface area contributed by atoms with Gasteiger partial charge in [-0.3, -0.25) is 14.2 Å². The highest BCUT2D eigenvalue weighted by Gasteiger charge is 2.32. The zero-order valence-corrected chi connectivity index (χ0v) is 17.7. The Hall–Kier alpha value is -1.73. The molecule has 2 aromatic rings. The van der Waals surface area contributed by atoms with Crippen molar-refractivity contribution in [3.05, 3.63) is 27.1 Å². The van der Waals surface area contributed by atoms with Gasteiger partial charge in [0.1, 0.15) is 4.83 Å². The Morgan fingerprint density at radius 2 is 2.07 bits per heavy atom. The Kier molecular flexibility index (Phi) is 5.83. The number of rotatable bonds is 5. The third kappa shape index (κ3) is 3.87. The summed E-state index contributed by atoms with van der Waals surface area (Å²) in [7, 11) is 0. The maximum absolute atomic E-state index is 12.7. The quantitative estimate of drug-likeness (QED) is 0.835. The summed E-state index contributed by atoms with van der Waals surface area (Å²) in [4.78, 5) is 34.1. The van der Waals surface area contributed by atoms with Crippen LogP contribution in [0.4, 0.5) is 0 Å². The lowest BCUT2D eigenvalue weighted by atomic mass is 9.83. The molecular formula is C21H30N4O2S. The molecule has 7 heteroatoms. The molecule has 152 valence electrons. The van der Waals surface area contributed by atoms with E-state index in [1.54, 1.807) is 22.2 Å². The molecule has 2 aliphatic rings. The van der Waals surface area contributed by atoms with Crippen molar-refractivity contribution in [3.8, 4) is 0 Å². The van der Waals surface area contributed by atoms with E-state index in [1.807, 2.05) is 13.8 Å². The van der Waals surface area contributed by atoms with Crippen molar-refractivity contribution in [1.82, 2.24) is 19.8 Å². The van der Waals surface area contributed by atoms with E-state index in [0.29, 0.717) is 30.3 Å². The first-order valence-electron chi connectivity index (χ1n) is 10.5. The number of nitrogens with zero attached hydrogens (tertiary/aromatic N) is 3. The van der Waals surface area contributed by atoms with E-state index in [-0.39, 0.29) is 11.5 Å². The van der Waals surface area contributed by atoms with Crippen LogP contribution in [0.15, 0.2) is 11.1 Å². The molecule has 4 heterocycles. The highest BCUT2D eigenvalue weighted by atomic mass is 32.1. The molecule has 2 aliphatic heterocycles. The molecule has 2 unspecified atom stereocenters. The predicted molar refractivity (Wildman–Crippen MR) is 113 cm³/mol. The number of nitrogens with one attached hydrogen (secondary N) is 1. The van der Waals surface area contributed by atoms with Crippen molar-refractivity contribution in [3.63, 3.8) is 0 Å². The molecule has 2 fully saturated rings. The maximum Gasteiger partial charge on any atom is 0.262 e. The van der Waals surface area contributed by atoms with Gasteiger partial charge < -0.3 is 10.2 Å². The first kappa shape index (κ1) is 19.6. The third-order valence-electron chi connectivity index (χ3n) is 6.53. The average molecular weight is 403 g/mol. The molecule has 2 aromatic heterocycles. The van der Waals surface area contributed by atoms with Crippen molar-refractivity contribution in [1.29, 1.82) is 0 Å². The molecule has 2 atom stereocenters. The second kappa shape index (κ2) is 8.33. The number of thiophene rings is 1. The van der Waals surface area contributed by atoms with E-state index in [1.165, 1.54) is 45.2 Å². The second-order valence-corrected chi connectivity index (χ2v) is 9.47. The number of carbonyl (C=O) groups excluding carboxylic acids is 1. The largest absolute Gasteiger partial charge is 0.356 e. The van der Waals surface area contributed by atoms with Gasteiger partial charge in [-0.15, -0.1) is 11.3 Å². The molecule has 28 heavy (non-hydrogen) atoms. The molecule has 4 rings (SSSR count). The van der Waals surface area contributed by atoms with Crippen LogP contribution < -0.4 is 10.9 Å². The molecular weight excluding hydrogens is 372 g/mol. The van der Waals surface area contributed by atoms with Crippen LogP contribution in [-0.2, 0) is 11.3 Å². The van der Waals surface area contributed by atoms with E-state index in [4.69, 9.17) is 0 Å². The van der Waals surface area contributed by atoms with E-state index in [0.717, 1.165) is 21.8 Å². The van der Waals surface area contributed by atoms with Crippen LogP contribution >= 0.6 is 11.3 Å². The molecule has 0 bridgehead atoms. The first-order chi connectivity index (χ1) is 13.5. The fourth-order valence-corrected chi connectivity index (χ4v) is 5.79. The summed E-state index contributed by atoms with van der Waals surface area (Å²) >= 11 is 1.55. The number of carbonyl (C=O) groups is 1. The lowest BCUT2D eigenvalue weighted by Crippen LogP contribution is -2.51. The molecule has 1 amide bonds. The zero-order chi connectivity index (χ0) is 19.7. The Bertz CT molecular complexity index is 917. The zero-order valence-electron chi connectivity index (χ0n) is 16.9. The van der Waals surface area contributed by atoms with E-state index in [2.05, 4.69) is 15.2 Å². The summed E-state index contributed by atoms with van der Waals surface area (Å²) in [6, 6.07) is 0.641. The van der Waals surface area contributed by atoms with E-state index < -0.39 is 0 Å². The first-order valence-corrected chi connectivity index (χ1v) is 11.3. The summed E-state index contributed by atoms with van der Waals surface area (Å²) in [6.07, 6.45) is 8.22. The highest BCUT2D eigenvalue weighted by molar-refractivity contribution is 7.18. The van der Waals surface area contributed by atoms with Gasteiger partial charge in [0.15, 0.2) is 0 Å². The lowest BCUT2D eigenvalue weighted by molar-refractivity contribution is -0.121. The summed E-state index contributed by atoms with van der Waals surface area (Å²) in [5, 5.41) is 3.83. The minimum absolute atomic E-state index is 0.0261. The summed E-state index contributed by atoms with van der Waals surface area (Å²) in [5.41, 5.74) is 0.968. The summed E-state index contributed by atoms with van der Waals surface area (Å²) in [5.74, 6) is 0.591. The molecule has 6 nitrogen and oxygen atoms in total. The molecule has 0 aliphatic carbocycles. The highest BCUT2D eigenvalue weighted by Crippen LogP contribution is 2.30. The van der Waals surface area contributed by atoms with Gasteiger partial charge in [-0.05, 0) is 64.1 Å². The standard InChI is InChI=1S/C21H30N4O2S/c1-14-15(2)28-20-19(14)21(27)25(13-23-20)11-8-18(26)22-12-16-6-5-10-24-9-4-3-7-17(16)24/h13,16-17H,3-12H2,1-2H3,(H,22,26). The SMILES string of the molecule is Cc1sc2ncn(CCC(=O)NCC3CCCN4CCCCC34)c(=O)c2c1C. The number of fused-ring (bicyclic) bond motifs is 2. The van der Waals surface area contributed by atoms with Crippen LogP contribution in [0, 0.1) is 19.8 Å². The fourth-order valence-electron chi connectivity index (χ4n) is 4.80. The number of amides is 1. The Labute approximate surface area is 169 Å². The van der Waals surface area contributed by atoms with E-state index in [9.17, 15) is 9.59 Å². The van der Waals surface area contributed by atoms with Gasteiger partial charge >= 0.3 is 0 Å². The number of piperidine rings is 2. The summed E-state index contributed by atoms with van der Waals surface area (Å²) in [6.45, 7) is 7.55. The molecule has 1 N–H and O–H groups in total. The predicted octanol–water partition coefficient (Wildman–Crippen LogP) is 2.85. The van der Waals surface area contributed by atoms with Crippen molar-refractivity contribution >= 4 is 27.5 Å². The van der Waals surface area contributed by atoms with Gasteiger partial charge in [-0.25, -0.2) is 4.98 Å². The van der Waals surface area contributed by atoms with Crippen molar-refractivity contribution < 1.29 is 4.79 Å². The lowest BCUT2D eigenvalue weighted by Gasteiger charge is -2.44. The van der Waals surface area contributed by atoms with Crippen LogP contribution in [0.3, 0.4) is 0 Å². The molecule has 2 saturated heterocycles. The van der Waals surface area contributed by atoms with Crippen LogP contribution in [0.1, 0.15) is 49.0 Å². The maximum atomic E-state index is 12.7. The fraction of sp³-hybridized carbons (Fsp3) is 0.667. The van der Waals surface area contributed by atoms with Crippen molar-refractivity contribution in [2.24, 2.45) is 5.92 Å². The molecule has 0 saturated carbocycles. The van der Waals surface area contributed by atoms with Gasteiger partial charge in [0.05, 0.1) is 11.7 Å². The van der Waals surface area contributed by atoms with Crippen LogP contribution in [0.2, 0.25) is 0 Å². The Morgan fingerprint density at radius 1 is 1.25 bits per heavy atom. The molecule has 0 radical (unpaired) electrons. The Morgan fingerprint density at radius 3 is 2.93 bits per heavy atom. The minimum Gasteiger partial charge on any atom is -0.356 e. The minimum atomic E-state index is -0.0372. The average Bonchev–Trinajstić information content (AvgIpc) is 3.00.